The zero-order chi connectivity index (χ0) is 15.2. The lowest BCUT2D eigenvalue weighted by molar-refractivity contribution is -0.137. The van der Waals surface area contributed by atoms with Crippen molar-refractivity contribution in [1.82, 2.24) is 14.7 Å². The third-order valence-corrected chi connectivity index (χ3v) is 4.63. The van der Waals surface area contributed by atoms with Crippen LogP contribution in [0.25, 0.3) is 0 Å². The van der Waals surface area contributed by atoms with E-state index < -0.39 is 5.97 Å². The predicted molar refractivity (Wildman–Crippen MR) is 80.3 cm³/mol. The molecule has 0 saturated carbocycles. The van der Waals surface area contributed by atoms with E-state index in [0.717, 1.165) is 38.9 Å². The minimum Gasteiger partial charge on any atom is -0.481 e. The standard InChI is InChI=1S/C15H27N3O3/c1-2-13-5-3-4-7-18(13)15(21)17-11-9-16(10-12-17)8-6-14(19)20/h13H,2-12H2,1H3,(H,19,20). The Bertz CT molecular complexity index is 367. The van der Waals surface area contributed by atoms with Crippen molar-refractivity contribution in [3.8, 4) is 0 Å². The average Bonchev–Trinajstić information content (AvgIpc) is 2.52. The quantitative estimate of drug-likeness (QED) is 0.853. The normalized spacial score (nSPS) is 24.1. The molecule has 0 bridgehead atoms. The minimum atomic E-state index is -0.757. The molecule has 0 aromatic carbocycles. The van der Waals surface area contributed by atoms with Crippen molar-refractivity contribution in [2.24, 2.45) is 0 Å². The molecule has 0 radical (unpaired) electrons. The van der Waals surface area contributed by atoms with E-state index in [9.17, 15) is 9.59 Å². The summed E-state index contributed by atoms with van der Waals surface area (Å²) in [6, 6.07) is 0.579. The average molecular weight is 297 g/mol. The lowest BCUT2D eigenvalue weighted by atomic mass is 10.0. The molecule has 0 spiro atoms. The zero-order valence-corrected chi connectivity index (χ0v) is 13.0. The summed E-state index contributed by atoms with van der Waals surface area (Å²) in [5.41, 5.74) is 0. The lowest BCUT2D eigenvalue weighted by Crippen LogP contribution is -2.55. The molecule has 1 N–H and O–H groups in total. The van der Waals surface area contributed by atoms with Crippen LogP contribution in [0.2, 0.25) is 0 Å². The Morgan fingerprint density at radius 3 is 2.43 bits per heavy atom. The third kappa shape index (κ3) is 4.33. The van der Waals surface area contributed by atoms with Gasteiger partial charge in [0.1, 0.15) is 0 Å². The number of piperidine rings is 1. The highest BCUT2D eigenvalue weighted by atomic mass is 16.4. The molecule has 1 atom stereocenters. The molecule has 0 aromatic rings. The monoisotopic (exact) mass is 297 g/mol. The maximum Gasteiger partial charge on any atom is 0.320 e. The molecule has 2 aliphatic heterocycles. The van der Waals surface area contributed by atoms with E-state index >= 15 is 0 Å². The van der Waals surface area contributed by atoms with E-state index in [-0.39, 0.29) is 12.5 Å². The second-order valence-electron chi connectivity index (χ2n) is 6.01. The lowest BCUT2D eigenvalue weighted by Gasteiger charge is -2.41. The number of carboxylic acids is 1. The van der Waals surface area contributed by atoms with E-state index in [4.69, 9.17) is 5.11 Å². The fourth-order valence-corrected chi connectivity index (χ4v) is 3.28. The van der Waals surface area contributed by atoms with Gasteiger partial charge in [-0.1, -0.05) is 6.92 Å². The van der Waals surface area contributed by atoms with Gasteiger partial charge in [-0.3, -0.25) is 9.69 Å². The summed E-state index contributed by atoms with van der Waals surface area (Å²) in [5.74, 6) is -0.757. The van der Waals surface area contributed by atoms with Crippen molar-refractivity contribution < 1.29 is 14.7 Å². The number of carbonyl (C=O) groups excluding carboxylic acids is 1. The molecule has 2 amide bonds. The Morgan fingerprint density at radius 1 is 1.10 bits per heavy atom. The number of hydrogen-bond acceptors (Lipinski definition) is 3. The Kier molecular flexibility index (Phi) is 5.85. The van der Waals surface area contributed by atoms with Crippen LogP contribution in [-0.4, -0.2) is 77.1 Å². The van der Waals surface area contributed by atoms with Gasteiger partial charge in [0.15, 0.2) is 0 Å². The van der Waals surface area contributed by atoms with Crippen LogP contribution in [0.15, 0.2) is 0 Å². The highest BCUT2D eigenvalue weighted by molar-refractivity contribution is 5.75. The number of carbonyl (C=O) groups is 2. The van der Waals surface area contributed by atoms with E-state index in [1.807, 2.05) is 4.90 Å². The van der Waals surface area contributed by atoms with Crippen molar-refractivity contribution in [3.05, 3.63) is 0 Å². The zero-order valence-electron chi connectivity index (χ0n) is 13.0. The van der Waals surface area contributed by atoms with E-state index in [2.05, 4.69) is 16.7 Å². The van der Waals surface area contributed by atoms with E-state index in [0.29, 0.717) is 25.7 Å². The second kappa shape index (κ2) is 7.64. The maximum absolute atomic E-state index is 12.6. The number of hydrogen-bond donors (Lipinski definition) is 1. The molecular formula is C15H27N3O3. The highest BCUT2D eigenvalue weighted by Crippen LogP contribution is 2.21. The van der Waals surface area contributed by atoms with Crippen molar-refractivity contribution in [2.45, 2.75) is 45.1 Å². The van der Waals surface area contributed by atoms with Crippen molar-refractivity contribution in [1.29, 1.82) is 0 Å². The predicted octanol–water partition coefficient (Wildman–Crippen LogP) is 1.46. The molecule has 2 fully saturated rings. The first-order chi connectivity index (χ1) is 10.1. The largest absolute Gasteiger partial charge is 0.481 e. The molecule has 6 nitrogen and oxygen atoms in total. The second-order valence-corrected chi connectivity index (χ2v) is 6.01. The summed E-state index contributed by atoms with van der Waals surface area (Å²) in [4.78, 5) is 29.3. The fraction of sp³-hybridized carbons (Fsp3) is 0.867. The van der Waals surface area contributed by atoms with Gasteiger partial charge in [-0.25, -0.2) is 4.79 Å². The van der Waals surface area contributed by atoms with Gasteiger partial charge in [-0.05, 0) is 25.7 Å². The number of urea groups is 1. The number of piperazine rings is 1. The number of nitrogens with zero attached hydrogens (tertiary/aromatic N) is 3. The molecule has 6 heteroatoms. The summed E-state index contributed by atoms with van der Waals surface area (Å²) in [6.07, 6.45) is 4.68. The van der Waals surface area contributed by atoms with Crippen LogP contribution in [0.5, 0.6) is 0 Å². The van der Waals surface area contributed by atoms with E-state index in [1.54, 1.807) is 0 Å². The SMILES string of the molecule is CCC1CCCCN1C(=O)N1CCN(CCC(=O)O)CC1. The highest BCUT2D eigenvalue weighted by Gasteiger charge is 2.30. The van der Waals surface area contributed by atoms with Crippen molar-refractivity contribution in [2.75, 3.05) is 39.3 Å². The van der Waals surface area contributed by atoms with Crippen LogP contribution in [0, 0.1) is 0 Å². The van der Waals surface area contributed by atoms with Gasteiger partial charge in [0.25, 0.3) is 0 Å². The third-order valence-electron chi connectivity index (χ3n) is 4.63. The molecular weight excluding hydrogens is 270 g/mol. The Hall–Kier alpha value is -1.30. The van der Waals surface area contributed by atoms with Crippen LogP contribution in [-0.2, 0) is 4.79 Å². The summed E-state index contributed by atoms with van der Waals surface area (Å²) < 4.78 is 0. The maximum atomic E-state index is 12.6. The summed E-state index contributed by atoms with van der Waals surface area (Å²) in [6.45, 7) is 6.61. The Balaban J connectivity index is 1.80. The fourth-order valence-electron chi connectivity index (χ4n) is 3.28. The molecule has 21 heavy (non-hydrogen) atoms. The first kappa shape index (κ1) is 16.1. The number of likely N-dealkylation sites (tertiary alicyclic amines) is 1. The molecule has 0 aliphatic carbocycles. The molecule has 0 aromatic heterocycles. The van der Waals surface area contributed by atoms with Crippen LogP contribution in [0.3, 0.4) is 0 Å². The first-order valence-electron chi connectivity index (χ1n) is 8.11. The van der Waals surface area contributed by atoms with Crippen LogP contribution in [0.4, 0.5) is 4.79 Å². The van der Waals surface area contributed by atoms with Gasteiger partial charge < -0.3 is 14.9 Å². The Labute approximate surface area is 126 Å². The summed E-state index contributed by atoms with van der Waals surface area (Å²) >= 11 is 0. The summed E-state index contributed by atoms with van der Waals surface area (Å²) in [5, 5.41) is 8.71. The minimum absolute atomic E-state index is 0.179. The number of rotatable bonds is 4. The first-order valence-corrected chi connectivity index (χ1v) is 8.11. The molecule has 2 aliphatic rings. The molecule has 2 heterocycles. The topological polar surface area (TPSA) is 64.1 Å². The van der Waals surface area contributed by atoms with Gasteiger partial charge in [0.05, 0.1) is 6.42 Å². The smallest absolute Gasteiger partial charge is 0.320 e. The van der Waals surface area contributed by atoms with Crippen molar-refractivity contribution in [3.63, 3.8) is 0 Å². The van der Waals surface area contributed by atoms with Crippen LogP contribution < -0.4 is 0 Å². The summed E-state index contributed by atoms with van der Waals surface area (Å²) in [7, 11) is 0. The van der Waals surface area contributed by atoms with Gasteiger partial charge in [0, 0.05) is 45.3 Å². The van der Waals surface area contributed by atoms with Gasteiger partial charge in [-0.15, -0.1) is 0 Å². The molecule has 2 saturated heterocycles. The van der Waals surface area contributed by atoms with Gasteiger partial charge in [-0.2, -0.15) is 0 Å². The number of amides is 2. The van der Waals surface area contributed by atoms with Crippen molar-refractivity contribution >= 4 is 12.0 Å². The molecule has 2 rings (SSSR count). The van der Waals surface area contributed by atoms with Gasteiger partial charge >= 0.3 is 12.0 Å². The molecule has 120 valence electrons. The van der Waals surface area contributed by atoms with Crippen LogP contribution >= 0.6 is 0 Å². The molecule has 1 unspecified atom stereocenters. The number of aliphatic carboxylic acids is 1. The van der Waals surface area contributed by atoms with E-state index in [1.165, 1.54) is 6.42 Å². The number of carboxylic acid groups (broad SMARTS) is 1. The Morgan fingerprint density at radius 2 is 1.81 bits per heavy atom. The van der Waals surface area contributed by atoms with Gasteiger partial charge in [0.2, 0.25) is 0 Å². The van der Waals surface area contributed by atoms with Crippen LogP contribution in [0.1, 0.15) is 39.0 Å².